The molecule has 3 aromatic rings. The lowest BCUT2D eigenvalue weighted by molar-refractivity contribution is -0.136. The molecule has 3 rings (SSSR count). The summed E-state index contributed by atoms with van der Waals surface area (Å²) in [4.78, 5) is 25.2. The van der Waals surface area contributed by atoms with E-state index in [1.165, 1.54) is 12.1 Å². The molecule has 0 radical (unpaired) electrons. The Balaban J connectivity index is 1.90. The summed E-state index contributed by atoms with van der Waals surface area (Å²) in [7, 11) is -3.92. The van der Waals surface area contributed by atoms with Crippen LogP contribution in [0.25, 0.3) is 11.0 Å². The van der Waals surface area contributed by atoms with Crippen LogP contribution in [-0.4, -0.2) is 20.4 Å². The van der Waals surface area contributed by atoms with E-state index < -0.39 is 27.7 Å². The van der Waals surface area contributed by atoms with Crippen molar-refractivity contribution in [2.45, 2.75) is 64.8 Å². The lowest BCUT2D eigenvalue weighted by Gasteiger charge is -2.18. The summed E-state index contributed by atoms with van der Waals surface area (Å²) in [6, 6.07) is 8.70. The molecule has 176 valence electrons. The summed E-state index contributed by atoms with van der Waals surface area (Å²) in [5, 5.41) is 0.756. The quantitative estimate of drug-likeness (QED) is 0.295. The van der Waals surface area contributed by atoms with E-state index in [0.717, 1.165) is 22.9 Å². The van der Waals surface area contributed by atoms with Gasteiger partial charge in [-0.15, -0.1) is 0 Å². The molecule has 0 amide bonds. The van der Waals surface area contributed by atoms with Gasteiger partial charge in [-0.25, -0.2) is 18.0 Å². The number of benzene rings is 2. The molecule has 0 aliphatic heterocycles. The van der Waals surface area contributed by atoms with Crippen LogP contribution in [0.15, 0.2) is 50.5 Å². The minimum Gasteiger partial charge on any atom is -0.425 e. The van der Waals surface area contributed by atoms with Crippen molar-refractivity contribution < 1.29 is 22.4 Å². The number of sulfonamides is 1. The molecule has 2 aromatic carbocycles. The molecule has 0 aliphatic rings. The number of esters is 1. The van der Waals surface area contributed by atoms with Gasteiger partial charge < -0.3 is 9.15 Å². The number of rotatable bonds is 8. The molecule has 33 heavy (non-hydrogen) atoms. The van der Waals surface area contributed by atoms with Crippen LogP contribution in [0.2, 0.25) is 0 Å². The SMILES string of the molecule is CCCC[C@H](NS(=O)(=O)c1ccc(C)cc1)C(=O)Oc1ccc2c(C)c(C)c(=O)oc2c1C. The Morgan fingerprint density at radius 1 is 1.00 bits per heavy atom. The van der Waals surface area contributed by atoms with Crippen LogP contribution in [-0.2, 0) is 14.8 Å². The summed E-state index contributed by atoms with van der Waals surface area (Å²) in [5.41, 5.74) is 2.65. The molecule has 7 nitrogen and oxygen atoms in total. The minimum atomic E-state index is -3.92. The second-order valence-electron chi connectivity index (χ2n) is 8.26. The van der Waals surface area contributed by atoms with Crippen LogP contribution in [0.3, 0.4) is 0 Å². The van der Waals surface area contributed by atoms with E-state index in [2.05, 4.69) is 4.72 Å². The van der Waals surface area contributed by atoms with Gasteiger partial charge in [0.2, 0.25) is 10.0 Å². The van der Waals surface area contributed by atoms with Crippen molar-refractivity contribution in [2.75, 3.05) is 0 Å². The third-order valence-electron chi connectivity index (χ3n) is 5.79. The number of carbonyl (C=O) groups is 1. The van der Waals surface area contributed by atoms with Gasteiger partial charge in [-0.05, 0) is 63.9 Å². The molecule has 0 fully saturated rings. The van der Waals surface area contributed by atoms with E-state index in [1.807, 2.05) is 20.8 Å². The van der Waals surface area contributed by atoms with Crippen LogP contribution in [0.4, 0.5) is 0 Å². The lowest BCUT2D eigenvalue weighted by atomic mass is 10.0. The number of hydrogen-bond acceptors (Lipinski definition) is 6. The average molecular weight is 472 g/mol. The smallest absolute Gasteiger partial charge is 0.339 e. The highest BCUT2D eigenvalue weighted by molar-refractivity contribution is 7.89. The van der Waals surface area contributed by atoms with E-state index in [1.54, 1.807) is 38.1 Å². The summed E-state index contributed by atoms with van der Waals surface area (Å²) in [5.74, 6) is -0.497. The van der Waals surface area contributed by atoms with Crippen LogP contribution >= 0.6 is 0 Å². The van der Waals surface area contributed by atoms with E-state index in [9.17, 15) is 18.0 Å². The first-order valence-corrected chi connectivity index (χ1v) is 12.4. The molecule has 8 heteroatoms. The molecule has 1 N–H and O–H groups in total. The molecule has 0 unspecified atom stereocenters. The number of unbranched alkanes of at least 4 members (excludes halogenated alkanes) is 1. The maximum atomic E-state index is 13.0. The van der Waals surface area contributed by atoms with Gasteiger partial charge in [-0.1, -0.05) is 37.5 Å². The van der Waals surface area contributed by atoms with Crippen molar-refractivity contribution in [3.05, 3.63) is 69.1 Å². The fraction of sp³-hybridized carbons (Fsp3) is 0.360. The normalized spacial score (nSPS) is 12.6. The molecular weight excluding hydrogens is 442 g/mol. The summed E-state index contributed by atoms with van der Waals surface area (Å²) < 4.78 is 39.2. The predicted molar refractivity (Wildman–Crippen MR) is 127 cm³/mol. The van der Waals surface area contributed by atoms with E-state index in [4.69, 9.17) is 9.15 Å². The largest absolute Gasteiger partial charge is 0.425 e. The summed E-state index contributed by atoms with van der Waals surface area (Å²) >= 11 is 0. The Kier molecular flexibility index (Phi) is 7.39. The van der Waals surface area contributed by atoms with Crippen LogP contribution in [0, 0.1) is 27.7 Å². The fourth-order valence-electron chi connectivity index (χ4n) is 3.52. The zero-order valence-electron chi connectivity index (χ0n) is 19.5. The van der Waals surface area contributed by atoms with Crippen molar-refractivity contribution in [3.63, 3.8) is 0 Å². The summed E-state index contributed by atoms with van der Waals surface area (Å²) in [6.45, 7) is 9.04. The first-order valence-electron chi connectivity index (χ1n) is 10.9. The number of fused-ring (bicyclic) bond motifs is 1. The Labute approximate surface area is 193 Å². The predicted octanol–water partition coefficient (Wildman–Crippen LogP) is 4.47. The molecular formula is C25H29NO6S. The van der Waals surface area contributed by atoms with Crippen molar-refractivity contribution in [2.24, 2.45) is 0 Å². The van der Waals surface area contributed by atoms with E-state index >= 15 is 0 Å². The van der Waals surface area contributed by atoms with Gasteiger partial charge >= 0.3 is 11.6 Å². The van der Waals surface area contributed by atoms with Gasteiger partial charge in [0.1, 0.15) is 17.4 Å². The average Bonchev–Trinajstić information content (AvgIpc) is 2.77. The first-order chi connectivity index (χ1) is 15.5. The highest BCUT2D eigenvalue weighted by Crippen LogP contribution is 2.29. The van der Waals surface area contributed by atoms with E-state index in [0.29, 0.717) is 29.6 Å². The van der Waals surface area contributed by atoms with Crippen molar-refractivity contribution >= 4 is 27.0 Å². The lowest BCUT2D eigenvalue weighted by Crippen LogP contribution is -2.43. The van der Waals surface area contributed by atoms with Gasteiger partial charge in [0.25, 0.3) is 0 Å². The van der Waals surface area contributed by atoms with E-state index in [-0.39, 0.29) is 10.6 Å². The second-order valence-corrected chi connectivity index (χ2v) is 9.97. The molecule has 1 aromatic heterocycles. The van der Waals surface area contributed by atoms with Gasteiger partial charge in [0.15, 0.2) is 0 Å². The number of hydrogen-bond donors (Lipinski definition) is 1. The molecule has 1 atom stereocenters. The second kappa shape index (κ2) is 9.89. The summed E-state index contributed by atoms with van der Waals surface area (Å²) in [6.07, 6.45) is 1.72. The van der Waals surface area contributed by atoms with Crippen molar-refractivity contribution in [1.82, 2.24) is 4.72 Å². The van der Waals surface area contributed by atoms with Crippen molar-refractivity contribution in [1.29, 1.82) is 0 Å². The third kappa shape index (κ3) is 5.34. The molecule has 0 saturated carbocycles. The monoisotopic (exact) mass is 471 g/mol. The molecule has 0 spiro atoms. The van der Waals surface area contributed by atoms with Crippen molar-refractivity contribution in [3.8, 4) is 5.75 Å². The molecule has 1 heterocycles. The molecule has 0 bridgehead atoms. The number of carbonyl (C=O) groups excluding carboxylic acids is 1. The van der Waals surface area contributed by atoms with Crippen LogP contribution < -0.4 is 15.1 Å². The minimum absolute atomic E-state index is 0.0805. The highest BCUT2D eigenvalue weighted by Gasteiger charge is 2.28. The Bertz CT molecular complexity index is 1340. The van der Waals surface area contributed by atoms with Gasteiger partial charge in [0, 0.05) is 16.5 Å². The zero-order valence-corrected chi connectivity index (χ0v) is 20.3. The van der Waals surface area contributed by atoms with Gasteiger partial charge in [0.05, 0.1) is 4.90 Å². The molecule has 0 aliphatic carbocycles. The van der Waals surface area contributed by atoms with Crippen LogP contribution in [0.1, 0.15) is 48.4 Å². The fourth-order valence-corrected chi connectivity index (χ4v) is 4.74. The molecule has 0 saturated heterocycles. The maximum Gasteiger partial charge on any atom is 0.339 e. The number of nitrogens with one attached hydrogen (secondary N) is 1. The highest BCUT2D eigenvalue weighted by atomic mass is 32.2. The van der Waals surface area contributed by atoms with Gasteiger partial charge in [-0.3, -0.25) is 0 Å². The maximum absolute atomic E-state index is 13.0. The third-order valence-corrected chi connectivity index (χ3v) is 7.28. The van der Waals surface area contributed by atoms with Gasteiger partial charge in [-0.2, -0.15) is 4.72 Å². The number of ether oxygens (including phenoxy) is 1. The Hall–Kier alpha value is -2.97. The van der Waals surface area contributed by atoms with Crippen LogP contribution in [0.5, 0.6) is 5.75 Å². The standard InChI is InChI=1S/C25H29NO6S/c1-6-7-8-21(26-33(29,30)19-11-9-15(2)10-12-19)25(28)31-22-14-13-20-16(3)17(4)24(27)32-23(20)18(22)5/h9-14,21,26H,6-8H2,1-5H3/t21-/m0/s1. The Morgan fingerprint density at radius 3 is 2.30 bits per heavy atom. The number of aryl methyl sites for hydroxylation is 3. The first kappa shape index (κ1) is 24.7. The Morgan fingerprint density at radius 2 is 1.67 bits per heavy atom. The topological polar surface area (TPSA) is 103 Å². The zero-order chi connectivity index (χ0) is 24.3.